The Morgan fingerprint density at radius 3 is 2.62 bits per heavy atom. The fourth-order valence-electron chi connectivity index (χ4n) is 0.392. The van der Waals surface area contributed by atoms with Gasteiger partial charge in [0.2, 0.25) is 0 Å². The van der Waals surface area contributed by atoms with Crippen LogP contribution in [0.15, 0.2) is 5.11 Å². The zero-order valence-electron chi connectivity index (χ0n) is 4.40. The standard InChI is InChI=1S/C3H6N4O/c1-3(4)2(8-3)6-7-5/h2H,4H2,1H3. The van der Waals surface area contributed by atoms with E-state index in [1.165, 1.54) is 0 Å². The third kappa shape index (κ3) is 0.742. The molecule has 8 heavy (non-hydrogen) atoms. The number of hydrogen-bond acceptors (Lipinski definition) is 3. The summed E-state index contributed by atoms with van der Waals surface area (Å²) in [4.78, 5) is 2.51. The van der Waals surface area contributed by atoms with Gasteiger partial charge in [-0.15, -0.1) is 0 Å². The van der Waals surface area contributed by atoms with Gasteiger partial charge in [-0.05, 0) is 12.5 Å². The molecule has 0 saturated carbocycles. The molecular weight excluding hydrogens is 108 g/mol. The Hall–Kier alpha value is -0.770. The van der Waals surface area contributed by atoms with Gasteiger partial charge in [0.15, 0.2) is 6.23 Å². The first-order valence-corrected chi connectivity index (χ1v) is 2.18. The molecule has 0 spiro atoms. The molecule has 0 aromatic rings. The minimum Gasteiger partial charge on any atom is -0.344 e. The maximum absolute atomic E-state index is 7.83. The summed E-state index contributed by atoms with van der Waals surface area (Å²) >= 11 is 0. The molecule has 5 heteroatoms. The molecule has 0 bridgehead atoms. The van der Waals surface area contributed by atoms with E-state index in [2.05, 4.69) is 10.0 Å². The normalized spacial score (nSPS) is 43.0. The van der Waals surface area contributed by atoms with E-state index in [4.69, 9.17) is 16.0 Å². The molecule has 1 saturated heterocycles. The van der Waals surface area contributed by atoms with E-state index in [1.54, 1.807) is 6.92 Å². The van der Waals surface area contributed by atoms with Crippen molar-refractivity contribution in [1.82, 2.24) is 0 Å². The Kier molecular flexibility index (Phi) is 0.907. The molecule has 0 radical (unpaired) electrons. The van der Waals surface area contributed by atoms with Crippen molar-refractivity contribution in [1.29, 1.82) is 0 Å². The highest BCUT2D eigenvalue weighted by Crippen LogP contribution is 2.30. The zero-order valence-corrected chi connectivity index (χ0v) is 4.40. The fourth-order valence-corrected chi connectivity index (χ4v) is 0.392. The summed E-state index contributed by atoms with van der Waals surface area (Å²) in [6.07, 6.45) is -0.451. The molecule has 0 aliphatic carbocycles. The largest absolute Gasteiger partial charge is 0.344 e. The Balaban J connectivity index is 2.48. The molecule has 44 valence electrons. The molecule has 2 atom stereocenters. The number of azide groups is 1. The van der Waals surface area contributed by atoms with Crippen molar-refractivity contribution < 1.29 is 4.74 Å². The van der Waals surface area contributed by atoms with E-state index in [0.29, 0.717) is 0 Å². The molecule has 1 aliphatic rings. The monoisotopic (exact) mass is 114 g/mol. The van der Waals surface area contributed by atoms with E-state index in [0.717, 1.165) is 0 Å². The van der Waals surface area contributed by atoms with Crippen LogP contribution in [-0.2, 0) is 4.74 Å². The lowest BCUT2D eigenvalue weighted by molar-refractivity contribution is 0.315. The topological polar surface area (TPSA) is 87.3 Å². The van der Waals surface area contributed by atoms with Gasteiger partial charge in [0.1, 0.15) is 5.72 Å². The SMILES string of the molecule is CC1(N)OC1N=[N+]=[N-]. The van der Waals surface area contributed by atoms with Crippen molar-refractivity contribution in [3.63, 3.8) is 0 Å². The second-order valence-electron chi connectivity index (χ2n) is 1.86. The van der Waals surface area contributed by atoms with Crippen LogP contribution in [0.1, 0.15) is 6.92 Å². The summed E-state index contributed by atoms with van der Waals surface area (Å²) < 4.78 is 4.70. The highest BCUT2D eigenvalue weighted by atomic mass is 16.6. The van der Waals surface area contributed by atoms with Gasteiger partial charge in [0.05, 0.1) is 0 Å². The van der Waals surface area contributed by atoms with Crippen LogP contribution in [0, 0.1) is 0 Å². The number of nitrogens with two attached hydrogens (primary N) is 1. The number of nitrogens with zero attached hydrogens (tertiary/aromatic N) is 3. The first-order valence-electron chi connectivity index (χ1n) is 2.18. The minimum atomic E-state index is -0.702. The molecule has 5 nitrogen and oxygen atoms in total. The highest BCUT2D eigenvalue weighted by Gasteiger charge is 2.48. The van der Waals surface area contributed by atoms with Gasteiger partial charge >= 0.3 is 0 Å². The summed E-state index contributed by atoms with van der Waals surface area (Å²) in [5.74, 6) is 0. The smallest absolute Gasteiger partial charge is 0.180 e. The molecule has 0 aromatic heterocycles. The van der Waals surface area contributed by atoms with Crippen LogP contribution in [0.2, 0.25) is 0 Å². The summed E-state index contributed by atoms with van der Waals surface area (Å²) in [6.45, 7) is 1.66. The molecule has 1 rings (SSSR count). The van der Waals surface area contributed by atoms with Crippen molar-refractivity contribution >= 4 is 0 Å². The number of ether oxygens (including phenoxy) is 1. The molecule has 2 N–H and O–H groups in total. The molecule has 2 unspecified atom stereocenters. The highest BCUT2D eigenvalue weighted by molar-refractivity contribution is 4.91. The van der Waals surface area contributed by atoms with Gasteiger partial charge in [-0.3, -0.25) is 0 Å². The van der Waals surface area contributed by atoms with Crippen LogP contribution in [0.3, 0.4) is 0 Å². The van der Waals surface area contributed by atoms with E-state index in [9.17, 15) is 0 Å². The van der Waals surface area contributed by atoms with Crippen molar-refractivity contribution in [2.75, 3.05) is 0 Å². The summed E-state index contributed by atoms with van der Waals surface area (Å²) in [5, 5.41) is 3.22. The Morgan fingerprint density at radius 2 is 2.50 bits per heavy atom. The fraction of sp³-hybridized carbons (Fsp3) is 1.00. The predicted molar refractivity (Wildman–Crippen MR) is 26.6 cm³/mol. The van der Waals surface area contributed by atoms with Crippen LogP contribution in [0.25, 0.3) is 10.4 Å². The maximum Gasteiger partial charge on any atom is 0.180 e. The van der Waals surface area contributed by atoms with Gasteiger partial charge in [-0.1, -0.05) is 5.11 Å². The number of epoxide rings is 1. The van der Waals surface area contributed by atoms with Crippen LogP contribution in [0.4, 0.5) is 0 Å². The Bertz CT molecular complexity index is 147. The molecule has 1 fully saturated rings. The van der Waals surface area contributed by atoms with E-state index < -0.39 is 12.0 Å². The van der Waals surface area contributed by atoms with Gasteiger partial charge in [-0.2, -0.15) is 0 Å². The summed E-state index contributed by atoms with van der Waals surface area (Å²) in [5.41, 5.74) is 12.4. The third-order valence-electron chi connectivity index (χ3n) is 0.955. The van der Waals surface area contributed by atoms with Crippen LogP contribution in [0.5, 0.6) is 0 Å². The van der Waals surface area contributed by atoms with Crippen molar-refractivity contribution in [2.24, 2.45) is 10.8 Å². The summed E-state index contributed by atoms with van der Waals surface area (Å²) in [7, 11) is 0. The molecule has 1 aliphatic heterocycles. The minimum absolute atomic E-state index is 0.451. The van der Waals surface area contributed by atoms with Crippen LogP contribution < -0.4 is 5.73 Å². The molecule has 0 amide bonds. The van der Waals surface area contributed by atoms with E-state index in [1.807, 2.05) is 0 Å². The zero-order chi connectivity index (χ0) is 6.20. The van der Waals surface area contributed by atoms with Crippen LogP contribution >= 0.6 is 0 Å². The molecule has 1 heterocycles. The van der Waals surface area contributed by atoms with E-state index >= 15 is 0 Å². The van der Waals surface area contributed by atoms with Gasteiger partial charge in [0.25, 0.3) is 0 Å². The van der Waals surface area contributed by atoms with Gasteiger partial charge < -0.3 is 10.5 Å². The average Bonchev–Trinajstić information content (AvgIpc) is 2.15. The quantitative estimate of drug-likeness (QED) is 0.230. The second kappa shape index (κ2) is 1.35. The lowest BCUT2D eigenvalue weighted by Gasteiger charge is -1.86. The average molecular weight is 114 g/mol. The Morgan fingerprint density at radius 1 is 2.00 bits per heavy atom. The molecule has 0 aromatic carbocycles. The first kappa shape index (κ1) is 5.37. The van der Waals surface area contributed by atoms with Crippen molar-refractivity contribution in [3.05, 3.63) is 10.4 Å². The van der Waals surface area contributed by atoms with E-state index in [-0.39, 0.29) is 0 Å². The second-order valence-corrected chi connectivity index (χ2v) is 1.86. The van der Waals surface area contributed by atoms with Gasteiger partial charge in [0, 0.05) is 4.91 Å². The number of rotatable bonds is 1. The first-order chi connectivity index (χ1) is 3.67. The lowest BCUT2D eigenvalue weighted by atomic mass is 10.4. The predicted octanol–water partition coefficient (Wildman–Crippen LogP) is 0.328. The Labute approximate surface area is 46.1 Å². The summed E-state index contributed by atoms with van der Waals surface area (Å²) in [6, 6.07) is 0. The van der Waals surface area contributed by atoms with Crippen molar-refractivity contribution in [3.8, 4) is 0 Å². The molecular formula is C3H6N4O. The lowest BCUT2D eigenvalue weighted by Crippen LogP contribution is -2.20. The maximum atomic E-state index is 7.83. The van der Waals surface area contributed by atoms with Gasteiger partial charge in [-0.25, -0.2) is 0 Å². The number of hydrogen-bond donors (Lipinski definition) is 1. The van der Waals surface area contributed by atoms with Crippen molar-refractivity contribution in [2.45, 2.75) is 18.9 Å². The third-order valence-corrected chi connectivity index (χ3v) is 0.955. The van der Waals surface area contributed by atoms with Crippen LogP contribution in [-0.4, -0.2) is 12.0 Å².